The van der Waals surface area contributed by atoms with Crippen molar-refractivity contribution in [1.29, 1.82) is 0 Å². The first-order valence-corrected chi connectivity index (χ1v) is 6.53. The van der Waals surface area contributed by atoms with Crippen molar-refractivity contribution < 1.29 is 0 Å². The van der Waals surface area contributed by atoms with Crippen LogP contribution in [0.15, 0.2) is 30.3 Å². The summed E-state index contributed by atoms with van der Waals surface area (Å²) in [5.74, 6) is 0. The van der Waals surface area contributed by atoms with Gasteiger partial charge in [0.15, 0.2) is 0 Å². The van der Waals surface area contributed by atoms with Crippen LogP contribution >= 0.6 is 46.1 Å². The second-order valence-electron chi connectivity index (χ2n) is 3.22. The van der Waals surface area contributed by atoms with E-state index in [1.165, 1.54) is 4.88 Å². The van der Waals surface area contributed by atoms with Gasteiger partial charge in [-0.15, -0.1) is 11.3 Å². The fraction of sp³-hybridized carbons (Fsp3) is 0.0909. The topological polar surface area (TPSA) is 12.0 Å². The minimum absolute atomic E-state index is 0.624. The van der Waals surface area contributed by atoms with Gasteiger partial charge in [0.2, 0.25) is 0 Å². The molecule has 0 atom stereocenters. The van der Waals surface area contributed by atoms with Crippen LogP contribution < -0.4 is 5.32 Å². The molecule has 0 amide bonds. The monoisotopic (exact) mass is 291 g/mol. The predicted octanol–water partition coefficient (Wildman–Crippen LogP) is 5.32. The average Bonchev–Trinajstić information content (AvgIpc) is 2.60. The zero-order chi connectivity index (χ0) is 11.5. The quantitative estimate of drug-likeness (QED) is 0.807. The average molecular weight is 293 g/mol. The number of anilines is 1. The zero-order valence-electron chi connectivity index (χ0n) is 8.14. The van der Waals surface area contributed by atoms with E-state index in [-0.39, 0.29) is 0 Å². The van der Waals surface area contributed by atoms with Gasteiger partial charge in [-0.2, -0.15) is 0 Å². The van der Waals surface area contributed by atoms with Gasteiger partial charge in [-0.05, 0) is 30.3 Å². The summed E-state index contributed by atoms with van der Waals surface area (Å²) in [5.41, 5.74) is 0.905. The number of rotatable bonds is 3. The predicted molar refractivity (Wildman–Crippen MR) is 73.1 cm³/mol. The van der Waals surface area contributed by atoms with E-state index in [1.807, 2.05) is 24.3 Å². The van der Waals surface area contributed by atoms with E-state index in [9.17, 15) is 0 Å². The van der Waals surface area contributed by atoms with Crippen LogP contribution in [0.4, 0.5) is 5.69 Å². The highest BCUT2D eigenvalue weighted by atomic mass is 35.5. The lowest BCUT2D eigenvalue weighted by Gasteiger charge is -2.05. The molecule has 5 heteroatoms. The number of hydrogen-bond acceptors (Lipinski definition) is 2. The molecule has 0 radical (unpaired) electrons. The summed E-state index contributed by atoms with van der Waals surface area (Å²) in [6, 6.07) is 9.25. The number of benzene rings is 1. The largest absolute Gasteiger partial charge is 0.380 e. The third-order valence-corrected chi connectivity index (χ3v) is 3.63. The van der Waals surface area contributed by atoms with Crippen molar-refractivity contribution in [2.45, 2.75) is 6.54 Å². The molecule has 0 fully saturated rings. The molecular formula is C11H8Cl3NS. The Morgan fingerprint density at radius 3 is 2.25 bits per heavy atom. The molecule has 2 rings (SSSR count). The van der Waals surface area contributed by atoms with Gasteiger partial charge in [0.25, 0.3) is 0 Å². The van der Waals surface area contributed by atoms with Gasteiger partial charge in [-0.1, -0.05) is 34.8 Å². The van der Waals surface area contributed by atoms with Crippen molar-refractivity contribution in [1.82, 2.24) is 0 Å². The third-order valence-electron chi connectivity index (χ3n) is 1.96. The highest BCUT2D eigenvalue weighted by Crippen LogP contribution is 2.25. The second kappa shape index (κ2) is 5.28. The van der Waals surface area contributed by atoms with Crippen molar-refractivity contribution in [3.8, 4) is 0 Å². The molecule has 0 bridgehead atoms. The van der Waals surface area contributed by atoms with E-state index in [1.54, 1.807) is 17.4 Å². The first-order chi connectivity index (χ1) is 7.63. The van der Waals surface area contributed by atoms with Gasteiger partial charge in [0.1, 0.15) is 0 Å². The maximum atomic E-state index is 5.89. The maximum Gasteiger partial charge on any atom is 0.0931 e. The summed E-state index contributed by atoms with van der Waals surface area (Å²) in [4.78, 5) is 1.17. The molecule has 1 N–H and O–H groups in total. The molecule has 0 spiro atoms. The number of nitrogens with one attached hydrogen (secondary N) is 1. The highest BCUT2D eigenvalue weighted by molar-refractivity contribution is 7.16. The van der Waals surface area contributed by atoms with Crippen molar-refractivity contribution >= 4 is 51.8 Å². The molecule has 2 aromatic rings. The van der Waals surface area contributed by atoms with E-state index in [2.05, 4.69) is 5.32 Å². The molecule has 0 aliphatic carbocycles. The number of thiophene rings is 1. The van der Waals surface area contributed by atoms with Crippen molar-refractivity contribution in [3.63, 3.8) is 0 Å². The van der Waals surface area contributed by atoms with E-state index < -0.39 is 0 Å². The molecule has 16 heavy (non-hydrogen) atoms. The van der Waals surface area contributed by atoms with Crippen molar-refractivity contribution in [2.24, 2.45) is 0 Å². The Labute approximate surface area is 113 Å². The van der Waals surface area contributed by atoms with Gasteiger partial charge in [0.05, 0.1) is 4.34 Å². The van der Waals surface area contributed by atoms with Gasteiger partial charge in [-0.25, -0.2) is 0 Å². The van der Waals surface area contributed by atoms with Gasteiger partial charge >= 0.3 is 0 Å². The number of hydrogen-bond donors (Lipinski definition) is 1. The molecular weight excluding hydrogens is 285 g/mol. The smallest absolute Gasteiger partial charge is 0.0931 e. The molecule has 0 aliphatic rings. The fourth-order valence-electron chi connectivity index (χ4n) is 1.29. The van der Waals surface area contributed by atoms with Gasteiger partial charge < -0.3 is 5.32 Å². The normalized spacial score (nSPS) is 10.4. The van der Waals surface area contributed by atoms with Crippen LogP contribution in [0.2, 0.25) is 14.4 Å². The summed E-state index contributed by atoms with van der Waals surface area (Å²) < 4.78 is 0.793. The second-order valence-corrected chi connectivity index (χ2v) is 5.89. The van der Waals surface area contributed by atoms with Crippen LogP contribution in [0.25, 0.3) is 0 Å². The number of halogens is 3. The van der Waals surface area contributed by atoms with Crippen molar-refractivity contribution in [3.05, 3.63) is 49.6 Å². The molecule has 1 heterocycles. The van der Waals surface area contributed by atoms with Crippen LogP contribution in [-0.2, 0) is 6.54 Å². The van der Waals surface area contributed by atoms with E-state index in [0.717, 1.165) is 10.0 Å². The van der Waals surface area contributed by atoms with E-state index in [0.29, 0.717) is 16.6 Å². The molecule has 1 nitrogen and oxygen atoms in total. The Hall–Kier alpha value is -0.410. The first-order valence-electron chi connectivity index (χ1n) is 4.58. The summed E-state index contributed by atoms with van der Waals surface area (Å²) in [5, 5.41) is 4.49. The first kappa shape index (κ1) is 12.1. The third kappa shape index (κ3) is 3.29. The molecule has 1 aromatic heterocycles. The SMILES string of the molecule is Clc1cc(Cl)cc(NCc2ccc(Cl)s2)c1. The fourth-order valence-corrected chi connectivity index (χ4v) is 2.85. The molecule has 0 unspecified atom stereocenters. The Balaban J connectivity index is 2.04. The molecule has 0 saturated heterocycles. The summed E-state index contributed by atoms with van der Waals surface area (Å²) in [6.45, 7) is 0.716. The standard InChI is InChI=1S/C11H8Cl3NS/c12-7-3-8(13)5-9(4-7)15-6-10-1-2-11(14)16-10/h1-5,15H,6H2. The summed E-state index contributed by atoms with van der Waals surface area (Å²) >= 11 is 19.2. The Morgan fingerprint density at radius 2 is 1.69 bits per heavy atom. The minimum Gasteiger partial charge on any atom is -0.380 e. The van der Waals surface area contributed by atoms with Crippen LogP contribution in [0.1, 0.15) is 4.88 Å². The lowest BCUT2D eigenvalue weighted by molar-refractivity contribution is 1.19. The van der Waals surface area contributed by atoms with Crippen LogP contribution in [0.3, 0.4) is 0 Å². The van der Waals surface area contributed by atoms with Gasteiger partial charge in [-0.3, -0.25) is 0 Å². The molecule has 1 aromatic carbocycles. The van der Waals surface area contributed by atoms with E-state index in [4.69, 9.17) is 34.8 Å². The molecule has 0 aliphatic heterocycles. The van der Waals surface area contributed by atoms with Crippen molar-refractivity contribution in [2.75, 3.05) is 5.32 Å². The lowest BCUT2D eigenvalue weighted by atomic mass is 10.3. The Kier molecular flexibility index (Phi) is 3.98. The van der Waals surface area contributed by atoms with Crippen LogP contribution in [0.5, 0.6) is 0 Å². The Morgan fingerprint density at radius 1 is 1.00 bits per heavy atom. The van der Waals surface area contributed by atoms with Crippen LogP contribution in [-0.4, -0.2) is 0 Å². The zero-order valence-corrected chi connectivity index (χ0v) is 11.2. The minimum atomic E-state index is 0.624. The van der Waals surface area contributed by atoms with Crippen LogP contribution in [0, 0.1) is 0 Å². The highest BCUT2D eigenvalue weighted by Gasteiger charge is 2.00. The van der Waals surface area contributed by atoms with E-state index >= 15 is 0 Å². The summed E-state index contributed by atoms with van der Waals surface area (Å²) in [7, 11) is 0. The molecule has 84 valence electrons. The molecule has 0 saturated carbocycles. The van der Waals surface area contributed by atoms with Gasteiger partial charge in [0, 0.05) is 27.2 Å². The maximum absolute atomic E-state index is 5.89. The lowest BCUT2D eigenvalue weighted by Crippen LogP contribution is -1.96. The summed E-state index contributed by atoms with van der Waals surface area (Å²) in [6.07, 6.45) is 0. The Bertz CT molecular complexity index is 475.